The van der Waals surface area contributed by atoms with Crippen LogP contribution in [0.1, 0.15) is 36.1 Å². The molecule has 1 heterocycles. The Balaban J connectivity index is 1.06. The van der Waals surface area contributed by atoms with E-state index < -0.39 is 0 Å². The Morgan fingerprint density at radius 2 is 0.904 bits per heavy atom. The first-order chi connectivity index (χ1) is 25.5. The van der Waals surface area contributed by atoms with Crippen LogP contribution in [0.4, 0.5) is 0 Å². The highest BCUT2D eigenvalue weighted by Crippen LogP contribution is 2.51. The Hall–Kier alpha value is -6.45. The van der Waals surface area contributed by atoms with Gasteiger partial charge in [-0.25, -0.2) is 15.0 Å². The van der Waals surface area contributed by atoms with Crippen molar-refractivity contribution in [2.45, 2.75) is 25.7 Å². The Kier molecular flexibility index (Phi) is 6.91. The molecule has 2 aliphatic carbocycles. The molecule has 3 heteroatoms. The molecule has 0 atom stereocenters. The molecule has 0 spiro atoms. The molecule has 0 fully saturated rings. The van der Waals surface area contributed by atoms with E-state index in [4.69, 9.17) is 15.0 Å². The molecule has 0 N–H and O–H groups in total. The molecule has 0 saturated heterocycles. The molecule has 2 aliphatic rings. The summed E-state index contributed by atoms with van der Waals surface area (Å²) in [5.41, 5.74) is 18.7. The maximum Gasteiger partial charge on any atom is 0.164 e. The molecular weight excluding hydrogens is 631 g/mol. The van der Waals surface area contributed by atoms with Gasteiger partial charge in [0, 0.05) is 22.1 Å². The summed E-state index contributed by atoms with van der Waals surface area (Å²) in [4.78, 5) is 14.9. The van der Waals surface area contributed by atoms with Crippen LogP contribution in [-0.4, -0.2) is 15.0 Å². The van der Waals surface area contributed by atoms with Gasteiger partial charge >= 0.3 is 0 Å². The first kappa shape index (κ1) is 30.4. The summed E-state index contributed by atoms with van der Waals surface area (Å²) in [5.74, 6) is 1.99. The van der Waals surface area contributed by atoms with Gasteiger partial charge in [0.1, 0.15) is 0 Å². The molecule has 3 nitrogen and oxygen atoms in total. The molecule has 246 valence electrons. The van der Waals surface area contributed by atoms with Crippen LogP contribution in [0.3, 0.4) is 0 Å². The van der Waals surface area contributed by atoms with Crippen molar-refractivity contribution in [3.05, 3.63) is 186 Å². The van der Waals surface area contributed by atoms with E-state index in [0.29, 0.717) is 17.5 Å². The third kappa shape index (κ3) is 4.85. The number of rotatable bonds is 5. The fraction of sp³-hybridized carbons (Fsp3) is 0.0816. The van der Waals surface area contributed by atoms with E-state index in [9.17, 15) is 0 Å². The van der Waals surface area contributed by atoms with E-state index in [1.54, 1.807) is 0 Å². The van der Waals surface area contributed by atoms with Gasteiger partial charge < -0.3 is 0 Å². The molecule has 1 aromatic heterocycles. The van der Waals surface area contributed by atoms with Crippen LogP contribution in [0.15, 0.2) is 164 Å². The third-order valence-electron chi connectivity index (χ3n) is 11.0. The molecule has 10 rings (SSSR count). The summed E-state index contributed by atoms with van der Waals surface area (Å²) in [6.45, 7) is 4.71. The van der Waals surface area contributed by atoms with E-state index in [2.05, 4.69) is 117 Å². The molecule has 7 aromatic carbocycles. The highest BCUT2D eigenvalue weighted by atomic mass is 15.0. The SMILES string of the molecule is CC1(C)c2ccccc2-c2ccc(-c3cccc4c3-c3cccc(-c5cccc(-c6nc(-c7ccccc7)nc(-c7ccccc7)n6)c5)c3C4)cc21. The van der Waals surface area contributed by atoms with Crippen LogP contribution < -0.4 is 0 Å². The lowest BCUT2D eigenvalue weighted by Crippen LogP contribution is -2.14. The quantitative estimate of drug-likeness (QED) is 0.184. The van der Waals surface area contributed by atoms with Crippen LogP contribution in [0.2, 0.25) is 0 Å². The van der Waals surface area contributed by atoms with E-state index in [1.165, 1.54) is 61.2 Å². The van der Waals surface area contributed by atoms with Gasteiger partial charge in [-0.3, -0.25) is 0 Å². The van der Waals surface area contributed by atoms with Crippen molar-refractivity contribution in [1.29, 1.82) is 0 Å². The van der Waals surface area contributed by atoms with E-state index in [0.717, 1.165) is 28.7 Å². The number of nitrogens with zero attached hydrogens (tertiary/aromatic N) is 3. The second kappa shape index (κ2) is 11.8. The van der Waals surface area contributed by atoms with Gasteiger partial charge in [0.05, 0.1) is 0 Å². The summed E-state index contributed by atoms with van der Waals surface area (Å²) in [5, 5.41) is 0. The lowest BCUT2D eigenvalue weighted by molar-refractivity contribution is 0.660. The minimum atomic E-state index is -0.0434. The molecule has 0 radical (unpaired) electrons. The monoisotopic (exact) mass is 665 g/mol. The van der Waals surface area contributed by atoms with Gasteiger partial charge in [-0.1, -0.05) is 166 Å². The van der Waals surface area contributed by atoms with Gasteiger partial charge in [0.2, 0.25) is 0 Å². The maximum atomic E-state index is 5.01. The number of aromatic nitrogens is 3. The first-order valence-corrected chi connectivity index (χ1v) is 18.0. The third-order valence-corrected chi connectivity index (χ3v) is 11.0. The molecule has 0 aliphatic heterocycles. The predicted octanol–water partition coefficient (Wildman–Crippen LogP) is 12.1. The maximum absolute atomic E-state index is 5.01. The molecule has 0 bridgehead atoms. The Morgan fingerprint density at radius 1 is 0.385 bits per heavy atom. The zero-order chi connectivity index (χ0) is 34.8. The summed E-state index contributed by atoms with van der Waals surface area (Å²) in [6.07, 6.45) is 0.892. The van der Waals surface area contributed by atoms with E-state index in [-0.39, 0.29) is 5.41 Å². The number of fused-ring (bicyclic) bond motifs is 6. The minimum absolute atomic E-state index is 0.0434. The lowest BCUT2D eigenvalue weighted by Gasteiger charge is -2.22. The van der Waals surface area contributed by atoms with Gasteiger partial charge in [0.25, 0.3) is 0 Å². The number of hydrogen-bond acceptors (Lipinski definition) is 3. The van der Waals surface area contributed by atoms with Crippen LogP contribution in [0.25, 0.3) is 78.7 Å². The van der Waals surface area contributed by atoms with Gasteiger partial charge in [-0.2, -0.15) is 0 Å². The molecule has 0 unspecified atom stereocenters. The van der Waals surface area contributed by atoms with Crippen molar-refractivity contribution in [2.75, 3.05) is 0 Å². The summed E-state index contributed by atoms with van der Waals surface area (Å²) in [7, 11) is 0. The van der Waals surface area contributed by atoms with E-state index >= 15 is 0 Å². The van der Waals surface area contributed by atoms with Gasteiger partial charge in [-0.15, -0.1) is 0 Å². The Labute approximate surface area is 304 Å². The molecule has 52 heavy (non-hydrogen) atoms. The van der Waals surface area contributed by atoms with Crippen molar-refractivity contribution in [3.8, 4) is 78.7 Å². The van der Waals surface area contributed by atoms with Crippen molar-refractivity contribution in [3.63, 3.8) is 0 Å². The molecule has 0 saturated carbocycles. The van der Waals surface area contributed by atoms with Gasteiger partial charge in [-0.05, 0) is 85.3 Å². The van der Waals surface area contributed by atoms with Crippen LogP contribution in [0, 0.1) is 0 Å². The lowest BCUT2D eigenvalue weighted by atomic mass is 9.81. The predicted molar refractivity (Wildman–Crippen MR) is 213 cm³/mol. The minimum Gasteiger partial charge on any atom is -0.208 e. The zero-order valence-electron chi connectivity index (χ0n) is 29.1. The fourth-order valence-electron chi connectivity index (χ4n) is 8.41. The van der Waals surface area contributed by atoms with Crippen molar-refractivity contribution >= 4 is 0 Å². The summed E-state index contributed by atoms with van der Waals surface area (Å²) < 4.78 is 0. The van der Waals surface area contributed by atoms with Crippen molar-refractivity contribution in [1.82, 2.24) is 15.0 Å². The zero-order valence-corrected chi connectivity index (χ0v) is 29.1. The van der Waals surface area contributed by atoms with Crippen LogP contribution >= 0.6 is 0 Å². The standard InChI is InChI=1S/C49H35N3/c1-49(2)43-25-10-9-21-39(43)40-27-26-34(30-44(40)49)38-23-12-19-35-29-42-37(22-13-24-41(42)45(35)38)33-18-11-20-36(28-33)48-51-46(31-14-5-3-6-15-31)50-47(52-48)32-16-7-4-8-17-32/h3-28,30H,29H2,1-2H3. The van der Waals surface area contributed by atoms with Crippen LogP contribution in [0.5, 0.6) is 0 Å². The topological polar surface area (TPSA) is 38.7 Å². The smallest absolute Gasteiger partial charge is 0.164 e. The molecule has 0 amide bonds. The second-order valence-electron chi connectivity index (χ2n) is 14.4. The van der Waals surface area contributed by atoms with Crippen molar-refractivity contribution < 1.29 is 0 Å². The Morgan fingerprint density at radius 3 is 1.65 bits per heavy atom. The average molecular weight is 666 g/mol. The van der Waals surface area contributed by atoms with E-state index in [1.807, 2.05) is 60.7 Å². The summed E-state index contributed by atoms with van der Waals surface area (Å²) >= 11 is 0. The van der Waals surface area contributed by atoms with Gasteiger partial charge in [0.15, 0.2) is 17.5 Å². The molecule has 8 aromatic rings. The Bertz CT molecular complexity index is 2620. The highest BCUT2D eigenvalue weighted by Gasteiger charge is 2.35. The summed E-state index contributed by atoms with van der Waals surface area (Å²) in [6, 6.07) is 58.5. The number of benzene rings is 7. The number of hydrogen-bond donors (Lipinski definition) is 0. The van der Waals surface area contributed by atoms with Crippen molar-refractivity contribution in [2.24, 2.45) is 0 Å². The fourth-order valence-corrected chi connectivity index (χ4v) is 8.41. The second-order valence-corrected chi connectivity index (χ2v) is 14.4. The normalized spacial score (nSPS) is 13.3. The first-order valence-electron chi connectivity index (χ1n) is 18.0. The molecular formula is C49H35N3. The highest BCUT2D eigenvalue weighted by molar-refractivity contribution is 5.95. The average Bonchev–Trinajstić information content (AvgIpc) is 3.70. The van der Waals surface area contributed by atoms with Crippen LogP contribution in [-0.2, 0) is 11.8 Å². The largest absolute Gasteiger partial charge is 0.208 e.